The van der Waals surface area contributed by atoms with Gasteiger partial charge in [-0.05, 0) is 89.0 Å². The monoisotopic (exact) mass is 668 g/mol. The molecule has 0 aliphatic carbocycles. The van der Waals surface area contributed by atoms with E-state index < -0.39 is 0 Å². The van der Waals surface area contributed by atoms with Crippen molar-refractivity contribution in [3.05, 3.63) is 170 Å². The predicted molar refractivity (Wildman–Crippen MR) is 209 cm³/mol. The first-order valence-corrected chi connectivity index (χ1v) is 17.1. The summed E-state index contributed by atoms with van der Waals surface area (Å²) in [7, 11) is 0. The smallest absolute Gasteiger partial charge is 0.139 e. The van der Waals surface area contributed by atoms with E-state index >= 15 is 0 Å². The van der Waals surface area contributed by atoms with Crippen molar-refractivity contribution in [2.24, 2.45) is 0 Å². The normalized spacial score (nSPS) is 11.5. The van der Waals surface area contributed by atoms with E-state index in [0.29, 0.717) is 0 Å². The Bertz CT molecular complexity index is 2780. The largest absolute Gasteiger partial charge is 0.456 e. The molecule has 0 saturated carbocycles. The highest BCUT2D eigenvalue weighted by Gasteiger charge is 2.15. The summed E-state index contributed by atoms with van der Waals surface area (Å²) in [6.45, 7) is 0. The highest BCUT2D eigenvalue weighted by molar-refractivity contribution is 6.05. The van der Waals surface area contributed by atoms with Crippen LogP contribution in [0, 0.1) is 0 Å². The van der Waals surface area contributed by atoms with Gasteiger partial charge in [0.2, 0.25) is 0 Å². The lowest BCUT2D eigenvalue weighted by molar-refractivity contribution is 0.668. The number of nitrogens with zero attached hydrogens (tertiary/aromatic N) is 6. The van der Waals surface area contributed by atoms with E-state index in [1.807, 2.05) is 42.6 Å². The fourth-order valence-corrected chi connectivity index (χ4v) is 6.93. The Balaban J connectivity index is 1.02. The van der Waals surface area contributed by atoms with Crippen molar-refractivity contribution in [1.29, 1.82) is 0 Å². The summed E-state index contributed by atoms with van der Waals surface area (Å²) < 4.78 is 6.16. The van der Waals surface area contributed by atoms with Gasteiger partial charge < -0.3 is 9.32 Å². The number of fused-ring (bicyclic) bond motifs is 5. The third-order valence-corrected chi connectivity index (χ3v) is 9.64. The minimum Gasteiger partial charge on any atom is -0.456 e. The zero-order valence-electron chi connectivity index (χ0n) is 27.8. The summed E-state index contributed by atoms with van der Waals surface area (Å²) in [6, 6.07) is 52.5. The van der Waals surface area contributed by atoms with Crippen LogP contribution >= 0.6 is 0 Å². The van der Waals surface area contributed by atoms with Gasteiger partial charge in [0, 0.05) is 56.4 Å². The number of para-hydroxylation sites is 1. The third-order valence-electron chi connectivity index (χ3n) is 9.64. The molecule has 0 aliphatic rings. The van der Waals surface area contributed by atoms with E-state index in [0.717, 1.165) is 94.3 Å². The SMILES string of the molecule is c1ccc2c(c1)oc1cc(-c3ccc(N(c4ccc(-c5ccc6ccnnc6c5)cc4)c4ccc(-c5ccc6ccnnc6c5)cc4)cc3)ncc12. The second-order valence-electron chi connectivity index (χ2n) is 12.7. The fraction of sp³-hybridized carbons (Fsp3) is 0. The Morgan fingerprint density at radius 2 is 0.942 bits per heavy atom. The van der Waals surface area contributed by atoms with Crippen molar-refractivity contribution >= 4 is 60.8 Å². The number of aromatic nitrogens is 5. The average Bonchev–Trinajstić information content (AvgIpc) is 3.59. The van der Waals surface area contributed by atoms with Crippen LogP contribution in [0.1, 0.15) is 0 Å². The fourth-order valence-electron chi connectivity index (χ4n) is 6.93. The van der Waals surface area contributed by atoms with E-state index in [4.69, 9.17) is 9.40 Å². The molecule has 7 nitrogen and oxygen atoms in total. The van der Waals surface area contributed by atoms with Gasteiger partial charge in [-0.1, -0.05) is 78.9 Å². The van der Waals surface area contributed by atoms with Crippen LogP contribution in [0.3, 0.4) is 0 Å². The molecule has 0 aliphatic heterocycles. The van der Waals surface area contributed by atoms with E-state index in [1.54, 1.807) is 12.4 Å². The number of hydrogen-bond donors (Lipinski definition) is 0. The van der Waals surface area contributed by atoms with Crippen LogP contribution in [-0.4, -0.2) is 25.4 Å². The number of rotatable bonds is 6. The second-order valence-corrected chi connectivity index (χ2v) is 12.7. The molecular weight excluding hydrogens is 641 g/mol. The Hall–Kier alpha value is -7.25. The molecule has 10 aromatic rings. The number of furan rings is 1. The molecule has 4 heterocycles. The first kappa shape index (κ1) is 29.6. The van der Waals surface area contributed by atoms with Crippen LogP contribution in [0.25, 0.3) is 77.3 Å². The molecule has 0 unspecified atom stereocenters. The Morgan fingerprint density at radius 1 is 0.423 bits per heavy atom. The molecule has 7 heteroatoms. The highest BCUT2D eigenvalue weighted by Crippen LogP contribution is 2.38. The molecule has 0 bridgehead atoms. The van der Waals surface area contributed by atoms with Crippen molar-refractivity contribution in [2.75, 3.05) is 4.90 Å². The van der Waals surface area contributed by atoms with Gasteiger partial charge in [0.05, 0.1) is 29.1 Å². The summed E-state index contributed by atoms with van der Waals surface area (Å²) >= 11 is 0. The van der Waals surface area contributed by atoms with Gasteiger partial charge in [-0.15, -0.1) is 0 Å². The Kier molecular flexibility index (Phi) is 6.99. The zero-order valence-corrected chi connectivity index (χ0v) is 27.8. The van der Waals surface area contributed by atoms with Gasteiger partial charge in [-0.2, -0.15) is 20.4 Å². The third kappa shape index (κ3) is 5.28. The van der Waals surface area contributed by atoms with Crippen LogP contribution < -0.4 is 4.90 Å². The van der Waals surface area contributed by atoms with Crippen LogP contribution in [0.15, 0.2) is 175 Å². The van der Waals surface area contributed by atoms with E-state index in [1.165, 1.54) is 0 Å². The summed E-state index contributed by atoms with van der Waals surface area (Å²) in [5.41, 5.74) is 12.8. The van der Waals surface area contributed by atoms with Crippen LogP contribution in [0.5, 0.6) is 0 Å². The molecule has 0 saturated heterocycles. The standard InChI is InChI=1S/C45H28N6O/c1-2-4-44-39(3-1)40-28-46-41(27-45(40)52-44)31-13-19-38(20-14-31)51(36-15-9-29(10-16-36)34-7-5-32-21-23-47-49-42(32)25-34)37-17-11-30(12-18-37)35-8-6-33-22-24-48-50-43(33)26-35/h1-28H. The molecule has 0 fully saturated rings. The number of pyridine rings is 1. The summed E-state index contributed by atoms with van der Waals surface area (Å²) in [5.74, 6) is 0. The van der Waals surface area contributed by atoms with Crippen molar-refractivity contribution in [1.82, 2.24) is 25.4 Å². The van der Waals surface area contributed by atoms with Gasteiger partial charge in [0.25, 0.3) is 0 Å². The maximum Gasteiger partial charge on any atom is 0.139 e. The van der Waals surface area contributed by atoms with Crippen molar-refractivity contribution in [3.63, 3.8) is 0 Å². The van der Waals surface area contributed by atoms with Crippen LogP contribution in [0.2, 0.25) is 0 Å². The Morgan fingerprint density at radius 3 is 1.52 bits per heavy atom. The van der Waals surface area contributed by atoms with Crippen molar-refractivity contribution < 1.29 is 4.42 Å². The zero-order chi connectivity index (χ0) is 34.4. The van der Waals surface area contributed by atoms with E-state index in [2.05, 4.69) is 141 Å². The van der Waals surface area contributed by atoms with E-state index in [-0.39, 0.29) is 0 Å². The van der Waals surface area contributed by atoms with Gasteiger partial charge in [-0.25, -0.2) is 0 Å². The second kappa shape index (κ2) is 12.3. The molecule has 0 radical (unpaired) electrons. The summed E-state index contributed by atoms with van der Waals surface area (Å²) in [4.78, 5) is 7.08. The lowest BCUT2D eigenvalue weighted by Crippen LogP contribution is -2.09. The van der Waals surface area contributed by atoms with Gasteiger partial charge in [0.1, 0.15) is 11.2 Å². The lowest BCUT2D eigenvalue weighted by atomic mass is 10.0. The number of benzene rings is 6. The lowest BCUT2D eigenvalue weighted by Gasteiger charge is -2.26. The maximum atomic E-state index is 6.16. The number of anilines is 3. The first-order chi connectivity index (χ1) is 25.7. The minimum atomic E-state index is 0.828. The predicted octanol–water partition coefficient (Wildman–Crippen LogP) is 11.3. The topological polar surface area (TPSA) is 80.8 Å². The molecule has 52 heavy (non-hydrogen) atoms. The van der Waals surface area contributed by atoms with Gasteiger partial charge >= 0.3 is 0 Å². The first-order valence-electron chi connectivity index (χ1n) is 17.1. The summed E-state index contributed by atoms with van der Waals surface area (Å²) in [5, 5.41) is 21.0. The molecule has 0 spiro atoms. The molecule has 0 amide bonds. The van der Waals surface area contributed by atoms with Gasteiger partial charge in [-0.3, -0.25) is 4.98 Å². The Labute approximate surface area is 298 Å². The average molecular weight is 669 g/mol. The van der Waals surface area contributed by atoms with Gasteiger partial charge in [0.15, 0.2) is 0 Å². The molecule has 10 rings (SSSR count). The molecule has 6 aromatic carbocycles. The molecule has 4 aromatic heterocycles. The molecule has 0 N–H and O–H groups in total. The highest BCUT2D eigenvalue weighted by atomic mass is 16.3. The number of hydrogen-bond acceptors (Lipinski definition) is 7. The van der Waals surface area contributed by atoms with Crippen molar-refractivity contribution in [2.45, 2.75) is 0 Å². The van der Waals surface area contributed by atoms with Crippen LogP contribution in [0.4, 0.5) is 17.1 Å². The molecule has 0 atom stereocenters. The quantitative estimate of drug-likeness (QED) is 0.174. The minimum absolute atomic E-state index is 0.828. The van der Waals surface area contributed by atoms with E-state index in [9.17, 15) is 0 Å². The summed E-state index contributed by atoms with van der Waals surface area (Å²) in [6.07, 6.45) is 5.34. The molecule has 244 valence electrons. The molecular formula is C45H28N6O. The maximum absolute atomic E-state index is 6.16. The van der Waals surface area contributed by atoms with Crippen LogP contribution in [-0.2, 0) is 0 Å². The van der Waals surface area contributed by atoms with Crippen molar-refractivity contribution in [3.8, 4) is 33.5 Å².